The molecule has 59 heavy (non-hydrogen) atoms. The Morgan fingerprint density at radius 1 is 0.356 bits per heavy atom. The molecule has 9 aromatic rings. The Morgan fingerprint density at radius 3 is 1.12 bits per heavy atom. The van der Waals surface area contributed by atoms with Crippen molar-refractivity contribution in [2.45, 2.75) is 6.92 Å². The van der Waals surface area contributed by atoms with E-state index >= 15 is 0 Å². The zero-order valence-corrected chi connectivity index (χ0v) is 33.1. The summed E-state index contributed by atoms with van der Waals surface area (Å²) in [5.41, 5.74) is 8.51. The van der Waals surface area contributed by atoms with E-state index in [9.17, 15) is 14.4 Å². The van der Waals surface area contributed by atoms with E-state index in [1.807, 2.05) is 207 Å². The molecule has 0 radical (unpaired) electrons. The highest BCUT2D eigenvalue weighted by Gasteiger charge is 2.10. The van der Waals surface area contributed by atoms with Gasteiger partial charge in [0.1, 0.15) is 0 Å². The number of aromatic nitrogens is 3. The first-order valence-corrected chi connectivity index (χ1v) is 19.4. The molecule has 6 aromatic carbocycles. The fourth-order valence-corrected chi connectivity index (χ4v) is 6.71. The van der Waals surface area contributed by atoms with E-state index in [2.05, 4.69) is 0 Å². The van der Waals surface area contributed by atoms with Crippen LogP contribution < -0.4 is 16.7 Å². The van der Waals surface area contributed by atoms with Gasteiger partial charge in [0.25, 0.3) is 16.7 Å². The van der Waals surface area contributed by atoms with Crippen LogP contribution in [0.4, 0.5) is 0 Å². The van der Waals surface area contributed by atoms with Gasteiger partial charge in [-0.15, -0.1) is 0 Å². The Balaban J connectivity index is 0.000000134. The van der Waals surface area contributed by atoms with E-state index in [0.717, 1.165) is 44.9 Å². The largest absolute Gasteiger partial charge is 0.284 e. The van der Waals surface area contributed by atoms with Crippen LogP contribution >= 0.6 is 11.6 Å². The second-order valence-corrected chi connectivity index (χ2v) is 14.0. The van der Waals surface area contributed by atoms with Crippen molar-refractivity contribution in [3.8, 4) is 50.4 Å². The quantitative estimate of drug-likeness (QED) is 0.168. The first-order chi connectivity index (χ1) is 28.9. The predicted octanol–water partition coefficient (Wildman–Crippen LogP) is 11.5. The number of hydrogen-bond donors (Lipinski definition) is 0. The van der Waals surface area contributed by atoms with E-state index in [0.29, 0.717) is 16.1 Å². The molecule has 0 unspecified atom stereocenters. The molecule has 6 nitrogen and oxygen atoms in total. The molecule has 3 aromatic heterocycles. The molecule has 3 heterocycles. The Morgan fingerprint density at radius 2 is 0.695 bits per heavy atom. The molecular weight excluding hydrogens is 750 g/mol. The number of hydrogen-bond acceptors (Lipinski definition) is 3. The Hall–Kier alpha value is -7.54. The van der Waals surface area contributed by atoms with Gasteiger partial charge in [0.15, 0.2) is 0 Å². The molecule has 0 N–H and O–H groups in total. The summed E-state index contributed by atoms with van der Waals surface area (Å²) in [6.07, 6.45) is 5.45. The highest BCUT2D eigenvalue weighted by atomic mass is 35.5. The molecule has 0 atom stereocenters. The van der Waals surface area contributed by atoms with Crippen molar-refractivity contribution in [1.29, 1.82) is 0 Å². The van der Waals surface area contributed by atoms with Crippen LogP contribution in [-0.2, 0) is 0 Å². The van der Waals surface area contributed by atoms with Gasteiger partial charge in [0.05, 0.1) is 0 Å². The van der Waals surface area contributed by atoms with E-state index in [4.69, 9.17) is 11.6 Å². The standard InChI is InChI=1S/C18H15NO.C17H12ClNO.C17H13NO/c1-14-12-17(15-8-4-2-5-9-15)18(20)19(13-14)16-10-6-3-7-11-16;18-14-10-8-13(9-11-14)16-7-4-12-19(17(16)20)15-5-2-1-3-6-15;19-17-16(14-8-3-1-4-9-14)12-7-13-18(17)15-10-5-2-6-11-15/h2-13H,1H3;1-12H;1-13H. The third-order valence-corrected chi connectivity index (χ3v) is 9.73. The van der Waals surface area contributed by atoms with Crippen molar-refractivity contribution >= 4 is 11.6 Å². The second kappa shape index (κ2) is 19.1. The number of pyridine rings is 3. The minimum atomic E-state index is -0.0407. The first kappa shape index (κ1) is 39.7. The van der Waals surface area contributed by atoms with Crippen LogP contribution in [0.1, 0.15) is 5.56 Å². The Labute approximate surface area is 347 Å². The van der Waals surface area contributed by atoms with Crippen LogP contribution in [0.15, 0.2) is 239 Å². The monoisotopic (exact) mass is 789 g/mol. The van der Waals surface area contributed by atoms with Crippen LogP contribution in [0.25, 0.3) is 50.4 Å². The van der Waals surface area contributed by atoms with Gasteiger partial charge in [0.2, 0.25) is 0 Å². The van der Waals surface area contributed by atoms with Gasteiger partial charge in [-0.3, -0.25) is 28.1 Å². The van der Waals surface area contributed by atoms with E-state index < -0.39 is 0 Å². The molecule has 0 bridgehead atoms. The Kier molecular flexibility index (Phi) is 12.8. The molecule has 0 aliphatic heterocycles. The van der Waals surface area contributed by atoms with Crippen molar-refractivity contribution in [3.63, 3.8) is 0 Å². The fourth-order valence-electron chi connectivity index (χ4n) is 6.58. The highest BCUT2D eigenvalue weighted by Crippen LogP contribution is 2.20. The maximum absolute atomic E-state index is 12.7. The summed E-state index contributed by atoms with van der Waals surface area (Å²) in [4.78, 5) is 37.8. The van der Waals surface area contributed by atoms with Crippen molar-refractivity contribution < 1.29 is 0 Å². The van der Waals surface area contributed by atoms with Gasteiger partial charge in [0, 0.05) is 57.4 Å². The molecule has 0 saturated carbocycles. The van der Waals surface area contributed by atoms with Crippen molar-refractivity contribution in [2.24, 2.45) is 0 Å². The molecule has 288 valence electrons. The summed E-state index contributed by atoms with van der Waals surface area (Å²) in [7, 11) is 0. The van der Waals surface area contributed by atoms with Crippen LogP contribution in [0.2, 0.25) is 5.02 Å². The smallest absolute Gasteiger partial charge is 0.262 e. The lowest BCUT2D eigenvalue weighted by Crippen LogP contribution is -2.20. The van der Waals surface area contributed by atoms with Gasteiger partial charge in [-0.2, -0.15) is 0 Å². The molecule has 0 spiro atoms. The fraction of sp³-hybridized carbons (Fsp3) is 0.0192. The molecule has 0 aliphatic carbocycles. The number of aryl methyl sites for hydroxylation is 1. The maximum atomic E-state index is 12.7. The van der Waals surface area contributed by atoms with Crippen molar-refractivity contribution in [3.05, 3.63) is 266 Å². The molecule has 0 aliphatic rings. The summed E-state index contributed by atoms with van der Waals surface area (Å²) in [5.74, 6) is 0. The SMILES string of the molecule is Cc1cc(-c2ccccc2)c(=O)n(-c2ccccc2)c1.O=c1c(-c2ccc(Cl)cc2)cccn1-c1ccccc1.O=c1c(-c2ccccc2)cccn1-c1ccccc1. The van der Waals surface area contributed by atoms with Crippen molar-refractivity contribution in [2.75, 3.05) is 0 Å². The predicted molar refractivity (Wildman–Crippen MR) is 242 cm³/mol. The average Bonchev–Trinajstić information content (AvgIpc) is 3.29. The van der Waals surface area contributed by atoms with E-state index in [1.165, 1.54) is 0 Å². The third kappa shape index (κ3) is 9.71. The summed E-state index contributed by atoms with van der Waals surface area (Å²) >= 11 is 5.88. The lowest BCUT2D eigenvalue weighted by Gasteiger charge is -2.10. The summed E-state index contributed by atoms with van der Waals surface area (Å²) in [6, 6.07) is 65.1. The van der Waals surface area contributed by atoms with Crippen LogP contribution in [0.5, 0.6) is 0 Å². The van der Waals surface area contributed by atoms with Crippen LogP contribution in [-0.4, -0.2) is 13.7 Å². The summed E-state index contributed by atoms with van der Waals surface area (Å²) < 4.78 is 5.02. The minimum absolute atomic E-state index is 0.0000926. The number of benzene rings is 6. The first-order valence-electron chi connectivity index (χ1n) is 19.1. The van der Waals surface area contributed by atoms with Crippen molar-refractivity contribution in [1.82, 2.24) is 13.7 Å². The molecule has 0 amide bonds. The average molecular weight is 790 g/mol. The molecule has 0 fully saturated rings. The molecule has 9 rings (SSSR count). The number of halogens is 1. The lowest BCUT2D eigenvalue weighted by molar-refractivity contribution is 0.980. The number of nitrogens with zero attached hydrogens (tertiary/aromatic N) is 3. The van der Waals surface area contributed by atoms with Gasteiger partial charge in [-0.1, -0.05) is 139 Å². The van der Waals surface area contributed by atoms with Gasteiger partial charge in [-0.05, 0) is 108 Å². The maximum Gasteiger partial charge on any atom is 0.262 e. The van der Waals surface area contributed by atoms with Gasteiger partial charge < -0.3 is 0 Å². The van der Waals surface area contributed by atoms with Crippen LogP contribution in [0, 0.1) is 6.92 Å². The third-order valence-electron chi connectivity index (χ3n) is 9.48. The molecule has 0 saturated heterocycles. The Bertz CT molecular complexity index is 2810. The van der Waals surface area contributed by atoms with E-state index in [-0.39, 0.29) is 16.7 Å². The minimum Gasteiger partial charge on any atom is -0.284 e. The van der Waals surface area contributed by atoms with Gasteiger partial charge in [-0.25, -0.2) is 0 Å². The number of rotatable bonds is 6. The topological polar surface area (TPSA) is 66.0 Å². The molecule has 7 heteroatoms. The molecular formula is C52H40ClN3O3. The summed E-state index contributed by atoms with van der Waals surface area (Å²) in [6.45, 7) is 2.01. The normalized spacial score (nSPS) is 10.4. The number of para-hydroxylation sites is 3. The second-order valence-electron chi connectivity index (χ2n) is 13.5. The lowest BCUT2D eigenvalue weighted by atomic mass is 10.1. The zero-order chi connectivity index (χ0) is 41.0. The highest BCUT2D eigenvalue weighted by molar-refractivity contribution is 6.30. The van der Waals surface area contributed by atoms with Crippen LogP contribution in [0.3, 0.4) is 0 Å². The summed E-state index contributed by atoms with van der Waals surface area (Å²) in [5, 5.41) is 0.660. The zero-order valence-electron chi connectivity index (χ0n) is 32.3. The van der Waals surface area contributed by atoms with E-state index in [1.54, 1.807) is 38.2 Å². The van der Waals surface area contributed by atoms with Gasteiger partial charge >= 0.3 is 0 Å².